The molecule has 0 aliphatic carbocycles. The molecule has 0 fully saturated rings. The van der Waals surface area contributed by atoms with Gasteiger partial charge in [0, 0.05) is 10.7 Å². The van der Waals surface area contributed by atoms with E-state index in [0.717, 1.165) is 28.7 Å². The van der Waals surface area contributed by atoms with Crippen LogP contribution in [0.4, 0.5) is 5.69 Å². The first-order valence-electron chi connectivity index (χ1n) is 6.32. The molecule has 3 N–H and O–H groups in total. The van der Waals surface area contributed by atoms with Crippen LogP contribution in [0.15, 0.2) is 34.9 Å². The van der Waals surface area contributed by atoms with Gasteiger partial charge in [0.1, 0.15) is 6.54 Å². The zero-order chi connectivity index (χ0) is 14.4. The molecule has 0 aliphatic rings. The van der Waals surface area contributed by atoms with E-state index in [4.69, 9.17) is 5.73 Å². The largest absolute Gasteiger partial charge is 0.330 e. The monoisotopic (exact) mass is 337 g/mol. The maximum Gasteiger partial charge on any atom is 0.246 e. The van der Waals surface area contributed by atoms with Gasteiger partial charge in [0.05, 0.1) is 11.4 Å². The lowest BCUT2D eigenvalue weighted by molar-refractivity contribution is -0.116. The molecule has 0 spiro atoms. The molecule has 0 unspecified atom stereocenters. The lowest BCUT2D eigenvalue weighted by Crippen LogP contribution is -2.19. The smallest absolute Gasteiger partial charge is 0.246 e. The maximum atomic E-state index is 11.9. The predicted octanol–water partition coefficient (Wildman–Crippen LogP) is 1.57. The second-order valence-electron chi connectivity index (χ2n) is 4.33. The highest BCUT2D eigenvalue weighted by molar-refractivity contribution is 9.10. The van der Waals surface area contributed by atoms with Crippen molar-refractivity contribution in [3.63, 3.8) is 0 Å². The maximum absolute atomic E-state index is 11.9. The molecule has 0 aliphatic heterocycles. The summed E-state index contributed by atoms with van der Waals surface area (Å²) in [4.78, 5) is 11.9. The minimum atomic E-state index is -0.146. The molecule has 2 aromatic rings. The quantitative estimate of drug-likeness (QED) is 0.837. The number of hydrogen-bond acceptors (Lipinski definition) is 4. The average molecular weight is 338 g/mol. The topological polar surface area (TPSA) is 85.8 Å². The highest BCUT2D eigenvalue weighted by Crippen LogP contribution is 2.20. The van der Waals surface area contributed by atoms with Crippen LogP contribution in [0.1, 0.15) is 12.1 Å². The van der Waals surface area contributed by atoms with Crippen molar-refractivity contribution in [3.8, 4) is 0 Å². The third-order valence-electron chi connectivity index (χ3n) is 2.68. The molecule has 1 heterocycles. The lowest BCUT2D eigenvalue weighted by Gasteiger charge is -2.06. The number of rotatable bonds is 6. The molecular formula is C13H16BrN5O. The highest BCUT2D eigenvalue weighted by Gasteiger charge is 2.08. The Hall–Kier alpha value is -1.73. The van der Waals surface area contributed by atoms with Gasteiger partial charge in [0.25, 0.3) is 0 Å². The van der Waals surface area contributed by atoms with Crippen molar-refractivity contribution in [2.45, 2.75) is 19.4 Å². The van der Waals surface area contributed by atoms with Crippen LogP contribution in [-0.4, -0.2) is 27.4 Å². The number of aromatic nitrogens is 3. The number of anilines is 1. The van der Waals surface area contributed by atoms with Crippen LogP contribution in [0.5, 0.6) is 0 Å². The van der Waals surface area contributed by atoms with Crippen molar-refractivity contribution >= 4 is 27.5 Å². The molecule has 106 valence electrons. The van der Waals surface area contributed by atoms with E-state index in [-0.39, 0.29) is 12.5 Å². The zero-order valence-corrected chi connectivity index (χ0v) is 12.5. The van der Waals surface area contributed by atoms with Crippen LogP contribution in [0.25, 0.3) is 0 Å². The molecule has 0 radical (unpaired) electrons. The predicted molar refractivity (Wildman–Crippen MR) is 80.2 cm³/mol. The molecule has 0 atom stereocenters. The van der Waals surface area contributed by atoms with Crippen molar-refractivity contribution in [2.24, 2.45) is 5.73 Å². The molecule has 20 heavy (non-hydrogen) atoms. The Balaban J connectivity index is 1.91. The van der Waals surface area contributed by atoms with Gasteiger partial charge < -0.3 is 11.1 Å². The molecule has 6 nitrogen and oxygen atoms in total. The van der Waals surface area contributed by atoms with E-state index in [2.05, 4.69) is 31.6 Å². The highest BCUT2D eigenvalue weighted by atomic mass is 79.9. The van der Waals surface area contributed by atoms with Crippen molar-refractivity contribution in [2.75, 3.05) is 11.9 Å². The fourth-order valence-corrected chi connectivity index (χ4v) is 2.10. The van der Waals surface area contributed by atoms with Crippen molar-refractivity contribution in [1.82, 2.24) is 15.0 Å². The minimum Gasteiger partial charge on any atom is -0.330 e. The third-order valence-corrected chi connectivity index (χ3v) is 3.37. The summed E-state index contributed by atoms with van der Waals surface area (Å²) in [6, 6.07) is 7.45. The van der Waals surface area contributed by atoms with Crippen LogP contribution in [0.2, 0.25) is 0 Å². The number of carbonyl (C=O) groups is 1. The van der Waals surface area contributed by atoms with E-state index >= 15 is 0 Å². The fraction of sp³-hybridized carbons (Fsp3) is 0.308. The molecule has 1 amide bonds. The Kier molecular flexibility index (Phi) is 5.25. The van der Waals surface area contributed by atoms with Crippen molar-refractivity contribution < 1.29 is 4.79 Å². The van der Waals surface area contributed by atoms with Crippen LogP contribution in [0.3, 0.4) is 0 Å². The first-order valence-corrected chi connectivity index (χ1v) is 7.12. The van der Waals surface area contributed by atoms with Gasteiger partial charge in [-0.25, -0.2) is 4.68 Å². The number of nitrogens with zero attached hydrogens (tertiary/aromatic N) is 3. The Bertz CT molecular complexity index is 584. The molecule has 0 bridgehead atoms. The summed E-state index contributed by atoms with van der Waals surface area (Å²) < 4.78 is 2.37. The van der Waals surface area contributed by atoms with E-state index < -0.39 is 0 Å². The number of hydrogen-bond donors (Lipinski definition) is 2. The standard InChI is InChI=1S/C13H16BrN5O/c14-11-5-1-2-6-12(11)16-13(20)9-19-8-10(17-18-19)4-3-7-15/h1-2,5-6,8H,3-4,7,9,15H2,(H,16,20). The third kappa shape index (κ3) is 4.14. The molecule has 0 saturated carbocycles. The number of aryl methyl sites for hydroxylation is 1. The Morgan fingerprint density at radius 2 is 2.20 bits per heavy atom. The molecule has 2 rings (SSSR count). The lowest BCUT2D eigenvalue weighted by atomic mass is 10.2. The summed E-state index contributed by atoms with van der Waals surface area (Å²) in [5.74, 6) is -0.146. The Labute approximate surface area is 125 Å². The summed E-state index contributed by atoms with van der Waals surface area (Å²) >= 11 is 3.38. The SMILES string of the molecule is NCCCc1cn(CC(=O)Nc2ccccc2Br)nn1. The molecule has 7 heteroatoms. The normalized spacial score (nSPS) is 10.5. The van der Waals surface area contributed by atoms with E-state index in [1.807, 2.05) is 24.3 Å². The minimum absolute atomic E-state index is 0.136. The van der Waals surface area contributed by atoms with Gasteiger partial charge in [-0.15, -0.1) is 5.10 Å². The van der Waals surface area contributed by atoms with Crippen molar-refractivity contribution in [3.05, 3.63) is 40.6 Å². The van der Waals surface area contributed by atoms with E-state index in [0.29, 0.717) is 6.54 Å². The van der Waals surface area contributed by atoms with Gasteiger partial charge in [-0.2, -0.15) is 0 Å². The van der Waals surface area contributed by atoms with Crippen molar-refractivity contribution in [1.29, 1.82) is 0 Å². The van der Waals surface area contributed by atoms with Crippen LogP contribution < -0.4 is 11.1 Å². The van der Waals surface area contributed by atoms with Gasteiger partial charge in [-0.1, -0.05) is 17.3 Å². The van der Waals surface area contributed by atoms with Gasteiger partial charge >= 0.3 is 0 Å². The first-order chi connectivity index (χ1) is 9.69. The van der Waals surface area contributed by atoms with Gasteiger partial charge in [0.15, 0.2) is 0 Å². The van der Waals surface area contributed by atoms with Crippen LogP contribution in [-0.2, 0) is 17.8 Å². The van der Waals surface area contributed by atoms with Crippen LogP contribution in [0, 0.1) is 0 Å². The number of nitrogens with two attached hydrogens (primary N) is 1. The zero-order valence-electron chi connectivity index (χ0n) is 10.9. The van der Waals surface area contributed by atoms with Gasteiger partial charge in [-0.05, 0) is 47.4 Å². The molecule has 1 aromatic carbocycles. The second kappa shape index (κ2) is 7.16. The summed E-state index contributed by atoms with van der Waals surface area (Å²) in [7, 11) is 0. The van der Waals surface area contributed by atoms with Gasteiger partial charge in [-0.3, -0.25) is 4.79 Å². The molecule has 1 aromatic heterocycles. The average Bonchev–Trinajstić information content (AvgIpc) is 2.86. The summed E-state index contributed by atoms with van der Waals surface area (Å²) in [5.41, 5.74) is 7.03. The summed E-state index contributed by atoms with van der Waals surface area (Å²) in [6.45, 7) is 0.756. The number of benzene rings is 1. The number of carbonyl (C=O) groups excluding carboxylic acids is 1. The molecular weight excluding hydrogens is 322 g/mol. The van der Waals surface area contributed by atoms with E-state index in [9.17, 15) is 4.79 Å². The summed E-state index contributed by atoms with van der Waals surface area (Å²) in [5, 5.41) is 10.7. The number of amides is 1. The number of para-hydroxylation sites is 1. The summed E-state index contributed by atoms with van der Waals surface area (Å²) in [6.07, 6.45) is 3.42. The molecule has 0 saturated heterocycles. The fourth-order valence-electron chi connectivity index (χ4n) is 1.71. The second-order valence-corrected chi connectivity index (χ2v) is 5.18. The Morgan fingerprint density at radius 3 is 2.95 bits per heavy atom. The number of halogens is 1. The van der Waals surface area contributed by atoms with Gasteiger partial charge in [0.2, 0.25) is 5.91 Å². The van der Waals surface area contributed by atoms with E-state index in [1.54, 1.807) is 6.20 Å². The van der Waals surface area contributed by atoms with E-state index in [1.165, 1.54) is 4.68 Å². The first kappa shape index (κ1) is 14.7. The van der Waals surface area contributed by atoms with Crippen LogP contribution >= 0.6 is 15.9 Å². The Morgan fingerprint density at radius 1 is 1.40 bits per heavy atom. The number of nitrogens with one attached hydrogen (secondary N) is 1.